The summed E-state index contributed by atoms with van der Waals surface area (Å²) in [6, 6.07) is 10.5. The van der Waals surface area contributed by atoms with Crippen LogP contribution in [-0.4, -0.2) is 52.8 Å². The first-order chi connectivity index (χ1) is 12.9. The number of ether oxygens (including phenoxy) is 3. The van der Waals surface area contributed by atoms with Crippen LogP contribution in [0.2, 0.25) is 5.02 Å². The van der Waals surface area contributed by atoms with Crippen molar-refractivity contribution < 1.29 is 19.0 Å². The van der Waals surface area contributed by atoms with Gasteiger partial charge in [-0.05, 0) is 56.1 Å². The molecule has 0 radical (unpaired) electrons. The monoisotopic (exact) mass is 392 g/mol. The van der Waals surface area contributed by atoms with Crippen LogP contribution < -0.4 is 19.5 Å². The molecule has 0 bridgehead atoms. The molecule has 27 heavy (non-hydrogen) atoms. The van der Waals surface area contributed by atoms with Crippen LogP contribution in [-0.2, 0) is 0 Å². The number of rotatable bonds is 8. The van der Waals surface area contributed by atoms with Crippen LogP contribution in [0.4, 0.5) is 0 Å². The lowest BCUT2D eigenvalue weighted by atomic mass is 10.0. The highest BCUT2D eigenvalue weighted by Crippen LogP contribution is 2.40. The number of hydrogen-bond acceptors (Lipinski definition) is 5. The van der Waals surface area contributed by atoms with E-state index in [0.29, 0.717) is 34.4 Å². The predicted octanol–water partition coefficient (Wildman–Crippen LogP) is 3.40. The second-order valence-corrected chi connectivity index (χ2v) is 6.59. The average Bonchev–Trinajstić information content (AvgIpc) is 2.67. The number of benzene rings is 2. The Morgan fingerprint density at radius 3 is 2.04 bits per heavy atom. The van der Waals surface area contributed by atoms with Crippen molar-refractivity contribution in [1.82, 2.24) is 10.2 Å². The molecule has 146 valence electrons. The van der Waals surface area contributed by atoms with Gasteiger partial charge in [-0.15, -0.1) is 0 Å². The van der Waals surface area contributed by atoms with Crippen LogP contribution in [0.1, 0.15) is 22.0 Å². The minimum absolute atomic E-state index is 0.0880. The van der Waals surface area contributed by atoms with E-state index in [1.807, 2.05) is 31.1 Å². The lowest BCUT2D eigenvalue weighted by Gasteiger charge is -2.26. The molecule has 0 saturated carbocycles. The number of nitrogens with one attached hydrogen (secondary N) is 1. The first-order valence-electron chi connectivity index (χ1n) is 8.41. The van der Waals surface area contributed by atoms with Gasteiger partial charge in [0.2, 0.25) is 5.75 Å². The number of hydrogen-bond donors (Lipinski definition) is 1. The molecule has 2 rings (SSSR count). The molecule has 7 heteroatoms. The van der Waals surface area contributed by atoms with E-state index >= 15 is 0 Å². The van der Waals surface area contributed by atoms with Gasteiger partial charge in [-0.25, -0.2) is 0 Å². The van der Waals surface area contributed by atoms with Crippen molar-refractivity contribution in [3.63, 3.8) is 0 Å². The Balaban J connectivity index is 2.24. The van der Waals surface area contributed by atoms with E-state index < -0.39 is 0 Å². The van der Waals surface area contributed by atoms with Crippen molar-refractivity contribution in [1.29, 1.82) is 0 Å². The Morgan fingerprint density at radius 2 is 1.59 bits per heavy atom. The van der Waals surface area contributed by atoms with Crippen molar-refractivity contribution >= 4 is 17.5 Å². The summed E-state index contributed by atoms with van der Waals surface area (Å²) >= 11 is 5.87. The molecule has 0 fully saturated rings. The minimum Gasteiger partial charge on any atom is -0.493 e. The molecule has 1 amide bonds. The maximum atomic E-state index is 12.4. The topological polar surface area (TPSA) is 60.0 Å². The van der Waals surface area contributed by atoms with E-state index in [0.717, 1.165) is 5.56 Å². The molecule has 2 aromatic rings. The number of methoxy groups -OCH3 is 3. The lowest BCUT2D eigenvalue weighted by molar-refractivity contribution is 0.0942. The molecule has 0 aromatic heterocycles. The van der Waals surface area contributed by atoms with Gasteiger partial charge >= 0.3 is 0 Å². The van der Waals surface area contributed by atoms with E-state index in [4.69, 9.17) is 25.8 Å². The standard InChI is InChI=1S/C20H25ClN2O4/c1-23(2)16(12-22-20(24)13-6-8-15(21)9-7-13)14-10-17(25-3)19(27-5)18(11-14)26-4/h6-11,16H,12H2,1-5H3,(H,22,24). The SMILES string of the molecule is COc1cc(C(CNC(=O)c2ccc(Cl)cc2)N(C)C)cc(OC)c1OC. The Morgan fingerprint density at radius 1 is 1.04 bits per heavy atom. The predicted molar refractivity (Wildman–Crippen MR) is 106 cm³/mol. The molecule has 0 aliphatic heterocycles. The van der Waals surface area contributed by atoms with Gasteiger partial charge in [0.1, 0.15) is 0 Å². The summed E-state index contributed by atoms with van der Waals surface area (Å²) in [7, 11) is 8.61. The zero-order valence-corrected chi connectivity index (χ0v) is 17.0. The number of likely N-dealkylation sites (N-methyl/N-ethyl adjacent to an activating group) is 1. The van der Waals surface area contributed by atoms with Gasteiger partial charge in [-0.3, -0.25) is 4.79 Å². The molecule has 2 aromatic carbocycles. The minimum atomic E-state index is -0.161. The fraction of sp³-hybridized carbons (Fsp3) is 0.350. The molecule has 1 unspecified atom stereocenters. The largest absolute Gasteiger partial charge is 0.493 e. The molecule has 0 aliphatic carbocycles. The van der Waals surface area contributed by atoms with Crippen LogP contribution in [0.15, 0.2) is 36.4 Å². The zero-order valence-electron chi connectivity index (χ0n) is 16.2. The first-order valence-corrected chi connectivity index (χ1v) is 8.79. The maximum absolute atomic E-state index is 12.4. The van der Waals surface area contributed by atoms with E-state index in [1.54, 1.807) is 45.6 Å². The quantitative estimate of drug-likeness (QED) is 0.746. The third-order valence-electron chi connectivity index (χ3n) is 4.26. The summed E-state index contributed by atoms with van der Waals surface area (Å²) in [4.78, 5) is 14.4. The number of nitrogens with zero attached hydrogens (tertiary/aromatic N) is 1. The third-order valence-corrected chi connectivity index (χ3v) is 4.51. The number of carbonyl (C=O) groups is 1. The highest BCUT2D eigenvalue weighted by Gasteiger charge is 2.21. The van der Waals surface area contributed by atoms with Gasteiger partial charge < -0.3 is 24.4 Å². The van der Waals surface area contributed by atoms with Gasteiger partial charge in [0.25, 0.3) is 5.91 Å². The van der Waals surface area contributed by atoms with Gasteiger partial charge in [-0.2, -0.15) is 0 Å². The first kappa shape index (κ1) is 20.9. The molecule has 0 aliphatic rings. The zero-order chi connectivity index (χ0) is 20.0. The molecule has 0 spiro atoms. The fourth-order valence-corrected chi connectivity index (χ4v) is 2.91. The van der Waals surface area contributed by atoms with Crippen LogP contribution in [0.3, 0.4) is 0 Å². The molecule has 1 N–H and O–H groups in total. The van der Waals surface area contributed by atoms with Crippen LogP contribution >= 0.6 is 11.6 Å². The summed E-state index contributed by atoms with van der Waals surface area (Å²) in [6.45, 7) is 0.410. The summed E-state index contributed by atoms with van der Waals surface area (Å²) in [5, 5.41) is 3.56. The van der Waals surface area contributed by atoms with Crippen molar-refractivity contribution in [2.45, 2.75) is 6.04 Å². The summed E-state index contributed by atoms with van der Waals surface area (Å²) in [5.41, 5.74) is 1.49. The number of carbonyl (C=O) groups excluding carboxylic acids is 1. The Kier molecular flexibility index (Phi) is 7.33. The van der Waals surface area contributed by atoms with Crippen molar-refractivity contribution in [2.24, 2.45) is 0 Å². The van der Waals surface area contributed by atoms with Gasteiger partial charge in [0, 0.05) is 17.1 Å². The van der Waals surface area contributed by atoms with Crippen molar-refractivity contribution in [3.05, 3.63) is 52.5 Å². The van der Waals surface area contributed by atoms with E-state index in [-0.39, 0.29) is 11.9 Å². The second kappa shape index (κ2) is 9.48. The summed E-state index contributed by atoms with van der Waals surface area (Å²) in [5.74, 6) is 1.52. The number of amides is 1. The highest BCUT2D eigenvalue weighted by molar-refractivity contribution is 6.30. The normalized spacial score (nSPS) is 11.8. The van der Waals surface area contributed by atoms with E-state index in [2.05, 4.69) is 5.32 Å². The highest BCUT2D eigenvalue weighted by atomic mass is 35.5. The molecule has 0 heterocycles. The Hall–Kier alpha value is -2.44. The summed E-state index contributed by atoms with van der Waals surface area (Å²) in [6.07, 6.45) is 0. The van der Waals surface area contributed by atoms with Crippen LogP contribution in [0.25, 0.3) is 0 Å². The van der Waals surface area contributed by atoms with E-state index in [9.17, 15) is 4.79 Å². The van der Waals surface area contributed by atoms with Gasteiger partial charge in [0.15, 0.2) is 11.5 Å². The lowest BCUT2D eigenvalue weighted by Crippen LogP contribution is -2.34. The third kappa shape index (κ3) is 5.05. The molecule has 6 nitrogen and oxygen atoms in total. The summed E-state index contributed by atoms with van der Waals surface area (Å²) < 4.78 is 16.2. The fourth-order valence-electron chi connectivity index (χ4n) is 2.79. The molecule has 0 saturated heterocycles. The van der Waals surface area contributed by atoms with Crippen LogP contribution in [0, 0.1) is 0 Å². The van der Waals surface area contributed by atoms with Crippen molar-refractivity contribution in [3.8, 4) is 17.2 Å². The maximum Gasteiger partial charge on any atom is 0.251 e. The number of halogens is 1. The van der Waals surface area contributed by atoms with Gasteiger partial charge in [0.05, 0.1) is 27.4 Å². The molecule has 1 atom stereocenters. The second-order valence-electron chi connectivity index (χ2n) is 6.16. The smallest absolute Gasteiger partial charge is 0.251 e. The van der Waals surface area contributed by atoms with Gasteiger partial charge in [-0.1, -0.05) is 11.6 Å². The van der Waals surface area contributed by atoms with Crippen LogP contribution in [0.5, 0.6) is 17.2 Å². The molecular formula is C20H25ClN2O4. The molecular weight excluding hydrogens is 368 g/mol. The average molecular weight is 393 g/mol. The van der Waals surface area contributed by atoms with Crippen molar-refractivity contribution in [2.75, 3.05) is 42.0 Å². The van der Waals surface area contributed by atoms with E-state index in [1.165, 1.54) is 0 Å². The Bertz CT molecular complexity index is 753. The Labute approximate surface area is 165 Å².